The van der Waals surface area contributed by atoms with Crippen LogP contribution in [0.3, 0.4) is 0 Å². The van der Waals surface area contributed by atoms with E-state index in [9.17, 15) is 18.8 Å². The van der Waals surface area contributed by atoms with Crippen LogP contribution < -0.4 is 20.7 Å². The van der Waals surface area contributed by atoms with E-state index in [1.165, 1.54) is 38.4 Å². The Morgan fingerprint density at radius 1 is 1.00 bits per heavy atom. The van der Waals surface area contributed by atoms with Crippen LogP contribution in [-0.4, -0.2) is 31.9 Å². The lowest BCUT2D eigenvalue weighted by Gasteiger charge is -2.21. The maximum atomic E-state index is 13.0. The number of hydrogen-bond acceptors (Lipinski definition) is 4. The number of ether oxygens (including phenoxy) is 1. The smallest absolute Gasteiger partial charge is 0.256 e. The number of carbonyl (C=O) groups is 3. The fraction of sp³-hybridized carbons (Fsp3) is 0.318. The number of rotatable bonds is 6. The van der Waals surface area contributed by atoms with Gasteiger partial charge in [-0.2, -0.15) is 0 Å². The molecular formula is C22H26FN3O4. The van der Waals surface area contributed by atoms with Crippen LogP contribution in [-0.2, 0) is 11.3 Å². The second kappa shape index (κ2) is 9.39. The first-order valence-electron chi connectivity index (χ1n) is 9.35. The summed E-state index contributed by atoms with van der Waals surface area (Å²) < 4.78 is 18.4. The highest BCUT2D eigenvalue weighted by atomic mass is 19.1. The summed E-state index contributed by atoms with van der Waals surface area (Å²) in [5.74, 6) is -1.60. The number of nitrogens with one attached hydrogen (secondary N) is 3. The fourth-order valence-corrected chi connectivity index (χ4v) is 2.62. The second-order valence-electron chi connectivity index (χ2n) is 7.66. The molecule has 7 nitrogen and oxygen atoms in total. The lowest BCUT2D eigenvalue weighted by molar-refractivity contribution is -0.123. The van der Waals surface area contributed by atoms with Gasteiger partial charge in [-0.05, 0) is 29.8 Å². The Morgan fingerprint density at radius 3 is 2.17 bits per heavy atom. The molecule has 0 heterocycles. The maximum Gasteiger partial charge on any atom is 0.256 e. The predicted molar refractivity (Wildman–Crippen MR) is 112 cm³/mol. The number of benzene rings is 2. The summed E-state index contributed by atoms with van der Waals surface area (Å²) in [7, 11) is 2.78. The first kappa shape index (κ1) is 22.9. The molecule has 0 aliphatic heterocycles. The lowest BCUT2D eigenvalue weighted by Crippen LogP contribution is -2.30. The molecule has 0 radical (unpaired) electrons. The van der Waals surface area contributed by atoms with Crippen LogP contribution >= 0.6 is 0 Å². The van der Waals surface area contributed by atoms with Crippen LogP contribution in [0.15, 0.2) is 36.4 Å². The molecule has 2 aromatic rings. The topological polar surface area (TPSA) is 96.5 Å². The highest BCUT2D eigenvalue weighted by Crippen LogP contribution is 2.32. The first-order valence-corrected chi connectivity index (χ1v) is 9.35. The number of hydrogen-bond donors (Lipinski definition) is 3. The molecule has 2 aromatic carbocycles. The van der Waals surface area contributed by atoms with E-state index in [2.05, 4.69) is 16.0 Å². The monoisotopic (exact) mass is 415 g/mol. The van der Waals surface area contributed by atoms with Crippen molar-refractivity contribution < 1.29 is 23.5 Å². The molecule has 0 aliphatic carbocycles. The summed E-state index contributed by atoms with van der Waals surface area (Å²) in [6.07, 6.45) is 0. The standard InChI is InChI=1S/C22H26FN3O4/c1-22(2,3)21(29)26-16-11-10-15(18(30-5)17(16)20(28)24-4)19(27)25-12-13-6-8-14(23)9-7-13/h6-11H,12H2,1-5H3,(H,24,28)(H,25,27)(H,26,29). The zero-order chi connectivity index (χ0) is 22.5. The molecular weight excluding hydrogens is 389 g/mol. The summed E-state index contributed by atoms with van der Waals surface area (Å²) in [6, 6.07) is 8.70. The zero-order valence-electron chi connectivity index (χ0n) is 17.7. The third kappa shape index (κ3) is 5.34. The second-order valence-corrected chi connectivity index (χ2v) is 7.66. The summed E-state index contributed by atoms with van der Waals surface area (Å²) in [4.78, 5) is 37.7. The Morgan fingerprint density at radius 2 is 1.63 bits per heavy atom. The third-order valence-electron chi connectivity index (χ3n) is 4.36. The molecule has 3 N–H and O–H groups in total. The van der Waals surface area contributed by atoms with Gasteiger partial charge in [-0.25, -0.2) is 4.39 Å². The Kier molecular flexibility index (Phi) is 7.15. The lowest BCUT2D eigenvalue weighted by atomic mass is 9.95. The normalized spacial score (nSPS) is 10.9. The van der Waals surface area contributed by atoms with Gasteiger partial charge in [0, 0.05) is 19.0 Å². The van der Waals surface area contributed by atoms with Gasteiger partial charge in [0.05, 0.1) is 18.4 Å². The molecule has 3 amide bonds. The molecule has 0 saturated heterocycles. The van der Waals surface area contributed by atoms with E-state index in [1.54, 1.807) is 32.9 Å². The van der Waals surface area contributed by atoms with Gasteiger partial charge in [-0.1, -0.05) is 32.9 Å². The van der Waals surface area contributed by atoms with E-state index < -0.39 is 17.2 Å². The van der Waals surface area contributed by atoms with Crippen molar-refractivity contribution >= 4 is 23.4 Å². The van der Waals surface area contributed by atoms with Crippen LogP contribution in [0.5, 0.6) is 5.75 Å². The molecule has 8 heteroatoms. The molecule has 0 aliphatic rings. The third-order valence-corrected chi connectivity index (χ3v) is 4.36. The number of methoxy groups -OCH3 is 1. The molecule has 30 heavy (non-hydrogen) atoms. The molecule has 0 fully saturated rings. The van der Waals surface area contributed by atoms with Crippen molar-refractivity contribution in [2.45, 2.75) is 27.3 Å². The average molecular weight is 415 g/mol. The summed E-state index contributed by atoms with van der Waals surface area (Å²) in [5, 5.41) is 7.94. The van der Waals surface area contributed by atoms with Gasteiger partial charge in [0.2, 0.25) is 5.91 Å². The maximum absolute atomic E-state index is 13.0. The van der Waals surface area contributed by atoms with Gasteiger partial charge in [0.1, 0.15) is 17.1 Å². The number of amides is 3. The van der Waals surface area contributed by atoms with Crippen molar-refractivity contribution in [3.05, 3.63) is 58.9 Å². The number of anilines is 1. The van der Waals surface area contributed by atoms with E-state index in [4.69, 9.17) is 4.74 Å². The Labute approximate surface area is 175 Å². The van der Waals surface area contributed by atoms with E-state index in [1.807, 2.05) is 0 Å². The van der Waals surface area contributed by atoms with Crippen molar-refractivity contribution in [1.82, 2.24) is 10.6 Å². The van der Waals surface area contributed by atoms with Gasteiger partial charge in [-0.15, -0.1) is 0 Å². The van der Waals surface area contributed by atoms with E-state index in [0.29, 0.717) is 5.56 Å². The fourth-order valence-electron chi connectivity index (χ4n) is 2.62. The molecule has 160 valence electrons. The summed E-state index contributed by atoms with van der Waals surface area (Å²) >= 11 is 0. The van der Waals surface area contributed by atoms with Crippen molar-refractivity contribution in [3.63, 3.8) is 0 Å². The van der Waals surface area contributed by atoms with Gasteiger partial charge in [0.15, 0.2) is 0 Å². The summed E-state index contributed by atoms with van der Waals surface area (Å²) in [6.45, 7) is 5.41. The van der Waals surface area contributed by atoms with Gasteiger partial charge >= 0.3 is 0 Å². The molecule has 2 rings (SSSR count). The van der Waals surface area contributed by atoms with Crippen LogP contribution in [0.25, 0.3) is 0 Å². The van der Waals surface area contributed by atoms with E-state index >= 15 is 0 Å². The molecule has 0 aromatic heterocycles. The Balaban J connectivity index is 2.37. The largest absolute Gasteiger partial charge is 0.495 e. The van der Waals surface area contributed by atoms with Gasteiger partial charge < -0.3 is 20.7 Å². The molecule has 0 bridgehead atoms. The molecule has 0 spiro atoms. The molecule has 0 unspecified atom stereocenters. The SMILES string of the molecule is CNC(=O)c1c(NC(=O)C(C)(C)C)ccc(C(=O)NCc2ccc(F)cc2)c1OC. The Bertz CT molecular complexity index is 950. The summed E-state index contributed by atoms with van der Waals surface area (Å²) in [5.41, 5.74) is 0.447. The van der Waals surface area contributed by atoms with E-state index in [0.717, 1.165) is 0 Å². The van der Waals surface area contributed by atoms with E-state index in [-0.39, 0.29) is 40.8 Å². The predicted octanol–water partition coefficient (Wildman–Crippen LogP) is 3.11. The van der Waals surface area contributed by atoms with Crippen molar-refractivity contribution in [1.29, 1.82) is 0 Å². The van der Waals surface area contributed by atoms with Crippen LogP contribution in [0.1, 0.15) is 47.1 Å². The highest BCUT2D eigenvalue weighted by molar-refractivity contribution is 6.10. The quantitative estimate of drug-likeness (QED) is 0.675. The number of carbonyl (C=O) groups excluding carboxylic acids is 3. The molecule has 0 saturated carbocycles. The van der Waals surface area contributed by atoms with Crippen LogP contribution in [0, 0.1) is 11.2 Å². The van der Waals surface area contributed by atoms with Crippen LogP contribution in [0.2, 0.25) is 0 Å². The van der Waals surface area contributed by atoms with Crippen molar-refractivity contribution in [3.8, 4) is 5.75 Å². The first-order chi connectivity index (χ1) is 14.1. The minimum Gasteiger partial charge on any atom is -0.495 e. The minimum atomic E-state index is -0.682. The van der Waals surface area contributed by atoms with Gasteiger partial charge in [0.25, 0.3) is 11.8 Å². The minimum absolute atomic E-state index is 0.0395. The van der Waals surface area contributed by atoms with Crippen LogP contribution in [0.4, 0.5) is 10.1 Å². The molecule has 0 atom stereocenters. The number of halogens is 1. The average Bonchev–Trinajstić information content (AvgIpc) is 2.71. The van der Waals surface area contributed by atoms with Crippen molar-refractivity contribution in [2.75, 3.05) is 19.5 Å². The Hall–Kier alpha value is -3.42. The zero-order valence-corrected chi connectivity index (χ0v) is 17.7. The van der Waals surface area contributed by atoms with Crippen molar-refractivity contribution in [2.24, 2.45) is 5.41 Å². The van der Waals surface area contributed by atoms with Gasteiger partial charge in [-0.3, -0.25) is 14.4 Å². The highest BCUT2D eigenvalue weighted by Gasteiger charge is 2.27.